The van der Waals surface area contributed by atoms with Crippen molar-refractivity contribution in [1.29, 1.82) is 0 Å². The summed E-state index contributed by atoms with van der Waals surface area (Å²) in [5.74, 6) is 0.769. The number of rotatable bonds is 4. The highest BCUT2D eigenvalue weighted by Gasteiger charge is 2.06. The minimum Gasteiger partial charge on any atom is -0.491 e. The number of aliphatic hydroxyl groups is 1. The Kier molecular flexibility index (Phi) is 3.92. The molecule has 3 nitrogen and oxygen atoms in total. The lowest BCUT2D eigenvalue weighted by molar-refractivity contribution is 0.185. The number of ether oxygens (including phenoxy) is 1. The van der Waals surface area contributed by atoms with Gasteiger partial charge in [-0.05, 0) is 31.5 Å². The van der Waals surface area contributed by atoms with Crippen LogP contribution in [-0.4, -0.2) is 17.8 Å². The zero-order valence-corrected chi connectivity index (χ0v) is 8.60. The third-order valence-electron chi connectivity index (χ3n) is 1.84. The zero-order valence-electron chi connectivity index (χ0n) is 8.60. The van der Waals surface area contributed by atoms with Crippen LogP contribution in [0.2, 0.25) is 0 Å². The van der Waals surface area contributed by atoms with E-state index in [0.29, 0.717) is 0 Å². The molecular formula is C11H17NO2. The van der Waals surface area contributed by atoms with Gasteiger partial charge < -0.3 is 15.6 Å². The second-order valence-corrected chi connectivity index (χ2v) is 3.49. The molecule has 1 rings (SSSR count). The molecule has 0 unspecified atom stereocenters. The minimum absolute atomic E-state index is 0.139. The van der Waals surface area contributed by atoms with Crippen LogP contribution >= 0.6 is 0 Å². The Bertz CT molecular complexity index is 286. The highest BCUT2D eigenvalue weighted by molar-refractivity contribution is 5.30. The van der Waals surface area contributed by atoms with Crippen LogP contribution in [0.25, 0.3) is 0 Å². The number of benzene rings is 1. The Morgan fingerprint density at radius 3 is 2.71 bits per heavy atom. The van der Waals surface area contributed by atoms with Crippen molar-refractivity contribution in [3.05, 3.63) is 29.8 Å². The highest BCUT2D eigenvalue weighted by Crippen LogP contribution is 2.19. The molecule has 0 saturated heterocycles. The molecule has 1 aromatic carbocycles. The smallest absolute Gasteiger partial charge is 0.120 e. The summed E-state index contributed by atoms with van der Waals surface area (Å²) in [6.07, 6.45) is -0.467. The molecule has 0 aliphatic rings. The first-order valence-corrected chi connectivity index (χ1v) is 4.78. The monoisotopic (exact) mass is 195 g/mol. The second kappa shape index (κ2) is 4.98. The highest BCUT2D eigenvalue weighted by atomic mass is 16.5. The normalized spacial score (nSPS) is 12.9. The molecule has 0 saturated carbocycles. The van der Waals surface area contributed by atoms with Crippen LogP contribution in [0.5, 0.6) is 5.75 Å². The van der Waals surface area contributed by atoms with Crippen LogP contribution in [0.1, 0.15) is 25.5 Å². The van der Waals surface area contributed by atoms with Crippen LogP contribution in [0, 0.1) is 0 Å². The number of nitrogens with two attached hydrogens (primary N) is 1. The fourth-order valence-corrected chi connectivity index (χ4v) is 1.20. The predicted molar refractivity (Wildman–Crippen MR) is 56.2 cm³/mol. The van der Waals surface area contributed by atoms with Crippen LogP contribution in [0.3, 0.4) is 0 Å². The van der Waals surface area contributed by atoms with Crippen molar-refractivity contribution in [3.8, 4) is 5.75 Å². The molecule has 0 bridgehead atoms. The van der Waals surface area contributed by atoms with Gasteiger partial charge in [-0.1, -0.05) is 12.1 Å². The molecule has 3 N–H and O–H groups in total. The lowest BCUT2D eigenvalue weighted by Crippen LogP contribution is -2.12. The summed E-state index contributed by atoms with van der Waals surface area (Å²) in [6, 6.07) is 7.38. The van der Waals surface area contributed by atoms with Gasteiger partial charge in [-0.25, -0.2) is 0 Å². The standard InChI is InChI=1S/C11H17NO2/c1-8(2)14-10-5-3-4-9(6-10)11(13)7-12/h3-6,8,11,13H,7,12H2,1-2H3/t11-/m1/s1. The van der Waals surface area contributed by atoms with E-state index < -0.39 is 6.10 Å². The van der Waals surface area contributed by atoms with Crippen LogP contribution in [0.4, 0.5) is 0 Å². The molecule has 0 spiro atoms. The van der Waals surface area contributed by atoms with E-state index in [1.807, 2.05) is 38.1 Å². The maximum Gasteiger partial charge on any atom is 0.120 e. The fourth-order valence-electron chi connectivity index (χ4n) is 1.20. The number of aliphatic hydroxyl groups excluding tert-OH is 1. The van der Waals surface area contributed by atoms with Crippen molar-refractivity contribution in [1.82, 2.24) is 0 Å². The van der Waals surface area contributed by atoms with Gasteiger partial charge in [0.25, 0.3) is 0 Å². The molecule has 0 amide bonds. The predicted octanol–water partition coefficient (Wildman–Crippen LogP) is 1.47. The van der Waals surface area contributed by atoms with E-state index in [-0.39, 0.29) is 12.6 Å². The van der Waals surface area contributed by atoms with Gasteiger partial charge in [-0.2, -0.15) is 0 Å². The average Bonchev–Trinajstić information content (AvgIpc) is 2.16. The fraction of sp³-hybridized carbons (Fsp3) is 0.455. The van der Waals surface area contributed by atoms with E-state index >= 15 is 0 Å². The van der Waals surface area contributed by atoms with Crippen molar-refractivity contribution in [2.75, 3.05) is 6.54 Å². The maximum absolute atomic E-state index is 9.51. The molecule has 1 aromatic rings. The summed E-state index contributed by atoms with van der Waals surface area (Å²) in [7, 11) is 0. The molecule has 1 atom stereocenters. The Labute approximate surface area is 84.5 Å². The van der Waals surface area contributed by atoms with Gasteiger partial charge in [0.05, 0.1) is 12.2 Å². The molecule has 0 aliphatic carbocycles. The van der Waals surface area contributed by atoms with Crippen LogP contribution < -0.4 is 10.5 Å². The quantitative estimate of drug-likeness (QED) is 0.764. The van der Waals surface area contributed by atoms with E-state index in [4.69, 9.17) is 10.5 Å². The molecule has 78 valence electrons. The van der Waals surface area contributed by atoms with Crippen LogP contribution in [-0.2, 0) is 0 Å². The molecular weight excluding hydrogens is 178 g/mol. The molecule has 0 fully saturated rings. The Morgan fingerprint density at radius 2 is 2.14 bits per heavy atom. The van der Waals surface area contributed by atoms with Crippen LogP contribution in [0.15, 0.2) is 24.3 Å². The first-order chi connectivity index (χ1) is 6.63. The van der Waals surface area contributed by atoms with E-state index in [1.165, 1.54) is 0 Å². The molecule has 0 heterocycles. The zero-order chi connectivity index (χ0) is 10.6. The van der Waals surface area contributed by atoms with Gasteiger partial charge in [0.15, 0.2) is 0 Å². The second-order valence-electron chi connectivity index (χ2n) is 3.49. The Hall–Kier alpha value is -1.06. The first-order valence-electron chi connectivity index (χ1n) is 4.78. The van der Waals surface area contributed by atoms with Crippen molar-refractivity contribution >= 4 is 0 Å². The summed E-state index contributed by atoms with van der Waals surface area (Å²) < 4.78 is 5.50. The average molecular weight is 195 g/mol. The lowest BCUT2D eigenvalue weighted by atomic mass is 10.1. The molecule has 3 heteroatoms. The summed E-state index contributed by atoms with van der Waals surface area (Å²) in [5, 5.41) is 9.51. The summed E-state index contributed by atoms with van der Waals surface area (Å²) in [4.78, 5) is 0. The minimum atomic E-state index is -0.606. The van der Waals surface area contributed by atoms with Gasteiger partial charge >= 0.3 is 0 Å². The summed E-state index contributed by atoms with van der Waals surface area (Å²) >= 11 is 0. The van der Waals surface area contributed by atoms with Crippen molar-refractivity contribution in [3.63, 3.8) is 0 Å². The van der Waals surface area contributed by atoms with Gasteiger partial charge in [0, 0.05) is 6.54 Å². The Balaban J connectivity index is 2.78. The van der Waals surface area contributed by atoms with E-state index in [0.717, 1.165) is 11.3 Å². The lowest BCUT2D eigenvalue weighted by Gasteiger charge is -2.12. The van der Waals surface area contributed by atoms with Gasteiger partial charge in [0.2, 0.25) is 0 Å². The first kappa shape index (κ1) is 11.0. The van der Waals surface area contributed by atoms with E-state index in [9.17, 15) is 5.11 Å². The molecule has 14 heavy (non-hydrogen) atoms. The summed E-state index contributed by atoms with van der Waals surface area (Å²) in [5.41, 5.74) is 6.16. The third kappa shape index (κ3) is 3.01. The summed E-state index contributed by atoms with van der Waals surface area (Å²) in [6.45, 7) is 4.16. The van der Waals surface area contributed by atoms with Crippen molar-refractivity contribution in [2.45, 2.75) is 26.1 Å². The Morgan fingerprint density at radius 1 is 1.43 bits per heavy atom. The molecule has 0 radical (unpaired) electrons. The SMILES string of the molecule is CC(C)Oc1cccc([C@H](O)CN)c1. The van der Waals surface area contributed by atoms with Crippen molar-refractivity contribution in [2.24, 2.45) is 5.73 Å². The van der Waals surface area contributed by atoms with Gasteiger partial charge in [-0.15, -0.1) is 0 Å². The number of hydrogen-bond donors (Lipinski definition) is 2. The van der Waals surface area contributed by atoms with Gasteiger partial charge in [-0.3, -0.25) is 0 Å². The van der Waals surface area contributed by atoms with E-state index in [1.54, 1.807) is 0 Å². The molecule has 0 aliphatic heterocycles. The van der Waals surface area contributed by atoms with Crippen molar-refractivity contribution < 1.29 is 9.84 Å². The topological polar surface area (TPSA) is 55.5 Å². The van der Waals surface area contributed by atoms with Gasteiger partial charge in [0.1, 0.15) is 5.75 Å². The maximum atomic E-state index is 9.51. The third-order valence-corrected chi connectivity index (χ3v) is 1.84. The van der Waals surface area contributed by atoms with E-state index in [2.05, 4.69) is 0 Å². The largest absolute Gasteiger partial charge is 0.491 e. The number of hydrogen-bond acceptors (Lipinski definition) is 3. The molecule has 0 aromatic heterocycles.